The number of alkyl halides is 6. The van der Waals surface area contributed by atoms with Gasteiger partial charge in [-0.25, -0.2) is 52.7 Å². The van der Waals surface area contributed by atoms with Crippen molar-refractivity contribution >= 4 is 32.7 Å². The highest BCUT2D eigenvalue weighted by Crippen LogP contribution is 2.48. The fraction of sp³-hybridized carbons (Fsp3) is 0.500. The van der Waals surface area contributed by atoms with E-state index in [0.717, 1.165) is 66.4 Å². The second-order valence-corrected chi connectivity index (χ2v) is 31.9. The summed E-state index contributed by atoms with van der Waals surface area (Å²) in [6.07, 6.45) is 1.42. The van der Waals surface area contributed by atoms with Gasteiger partial charge in [-0.2, -0.15) is 0 Å². The number of ether oxygens (including phenoxy) is 3. The van der Waals surface area contributed by atoms with Gasteiger partial charge < -0.3 is 29.2 Å². The zero-order valence-electron chi connectivity index (χ0n) is 62.8. The minimum absolute atomic E-state index is 0.0110. The van der Waals surface area contributed by atoms with E-state index >= 15 is 26.3 Å². The van der Waals surface area contributed by atoms with Crippen LogP contribution in [0.2, 0.25) is 0 Å². The smallest absolute Gasteiger partial charge is 0.251 e. The second-order valence-electron chi connectivity index (χ2n) is 31.9. The lowest BCUT2D eigenvalue weighted by Gasteiger charge is -2.49. The number of rotatable bonds is 23. The fourth-order valence-corrected chi connectivity index (χ4v) is 17.6. The number of aromatic nitrogens is 3. The van der Waals surface area contributed by atoms with Crippen molar-refractivity contribution in [3.63, 3.8) is 0 Å². The summed E-state index contributed by atoms with van der Waals surface area (Å²) in [4.78, 5) is 21.3. The molecular weight excluding hydrogens is 1450 g/mol. The molecule has 0 amide bonds. The summed E-state index contributed by atoms with van der Waals surface area (Å²) in [5.74, 6) is -5.05. The molecule has 6 aliphatic heterocycles. The Morgan fingerprint density at radius 1 is 0.491 bits per heavy atom. The Labute approximate surface area is 631 Å². The monoisotopic (exact) mass is 1540 g/mol. The number of para-hydroxylation sites is 1. The SMILES string of the molecule is CC(F)CN1[C@H](c2c(F)cc(OC3CN(CCCF)C3)cc2F)c2[nH]c3ccc(F)cc3c2C[C@H]1C.CCCCN1CC(Oc2cc(F)c([C@H]3c4[nH]c5ccc(F)cc5c4C[C@H](C)N3CC(F)F)c(F)c2)C1.C[C@@H]1Cc2c([nH]c3ccccc23)[C@@H](c2c(F)cc(OC3CN(C4CC(CF)C4)C3)cc2F)N1CC(C)(C)F. The molecule has 26 heteroatoms. The standard InChI is InChI=1S/C30H35F4N3O.2C27H30F5N3O/c1-17-8-23-22-6-4-5-7-26(22)35-28(23)29(37(17)16-30(2,3)34)27-24(32)11-20(12-25(27)33)38-21-14-36(15-21)19-9-18(10-19)13-31;1-15(29)12-35-16(2)8-21-20-9-17(30)4-5-24(20)33-26(21)27(35)25-22(31)10-18(11-23(25)32)36-19-13-34(14-19)7-3-6-28;1-3-4-7-34-12-18(13-34)36-17-10-21(29)25(22(30)11-17)27-26-20(8-15(2)35(27)14-24(31)32)19-9-16(28)5-6-23(19)33-26/h4-7,11-12,17-19,21,29,35H,8-10,13-16H2,1-3H3;4-5,9-11,15-16,19,27,33H,3,6-8,12-14H2,1-2H3;5-6,9-11,15,18,24,27,33H,3-4,7-8,12-14H2,1-2H3/t17-,18?,19?,29-;15?,16-,27-;15-,27-/m110/s1. The molecule has 0 radical (unpaired) electrons. The molecule has 3 aromatic heterocycles. The first-order chi connectivity index (χ1) is 52.6. The number of H-pyrrole nitrogens is 3. The molecule has 16 rings (SSSR count). The third-order valence-electron chi connectivity index (χ3n) is 23.0. The largest absolute Gasteiger partial charge is 0.488 e. The molecule has 1 saturated carbocycles. The molecule has 6 aromatic carbocycles. The van der Waals surface area contributed by atoms with Crippen molar-refractivity contribution in [3.8, 4) is 17.2 Å². The van der Waals surface area contributed by atoms with Gasteiger partial charge in [0.25, 0.3) is 6.43 Å². The molecule has 0 spiro atoms. The summed E-state index contributed by atoms with van der Waals surface area (Å²) in [6, 6.07) is 20.3. The van der Waals surface area contributed by atoms with E-state index in [1.165, 1.54) is 74.2 Å². The maximum atomic E-state index is 15.8. The third-order valence-corrected chi connectivity index (χ3v) is 23.0. The number of hydrogen-bond donors (Lipinski definition) is 3. The van der Waals surface area contributed by atoms with Crippen molar-refractivity contribution in [2.75, 3.05) is 85.3 Å². The van der Waals surface area contributed by atoms with Gasteiger partial charge in [0.15, 0.2) is 0 Å². The molecule has 9 aromatic rings. The van der Waals surface area contributed by atoms with Crippen LogP contribution in [0.15, 0.2) is 97.1 Å². The zero-order valence-corrected chi connectivity index (χ0v) is 62.8. The van der Waals surface area contributed by atoms with Crippen LogP contribution < -0.4 is 14.2 Å². The quantitative estimate of drug-likeness (QED) is 0.0541. The maximum Gasteiger partial charge on any atom is 0.251 e. The van der Waals surface area contributed by atoms with Gasteiger partial charge in [0.2, 0.25) is 0 Å². The third kappa shape index (κ3) is 16.5. The Bertz CT molecular complexity index is 4470. The van der Waals surface area contributed by atoms with E-state index in [0.29, 0.717) is 122 Å². The van der Waals surface area contributed by atoms with Crippen molar-refractivity contribution in [1.82, 2.24) is 44.4 Å². The molecule has 3 N–H and O–H groups in total. The van der Waals surface area contributed by atoms with Gasteiger partial charge in [0, 0.05) is 186 Å². The molecule has 1 aliphatic carbocycles. The number of hydrogen-bond acceptors (Lipinski definition) is 9. The van der Waals surface area contributed by atoms with Crippen LogP contribution in [0.1, 0.15) is 149 Å². The molecule has 0 bridgehead atoms. The molecule has 12 nitrogen and oxygen atoms in total. The van der Waals surface area contributed by atoms with Crippen molar-refractivity contribution in [1.29, 1.82) is 0 Å². The minimum Gasteiger partial charge on any atom is -0.488 e. The summed E-state index contributed by atoms with van der Waals surface area (Å²) < 4.78 is 221. The van der Waals surface area contributed by atoms with Crippen molar-refractivity contribution in [2.24, 2.45) is 5.92 Å². The van der Waals surface area contributed by atoms with Crippen LogP contribution in [0.5, 0.6) is 17.2 Å². The van der Waals surface area contributed by atoms with Gasteiger partial charge in [-0.15, -0.1) is 0 Å². The van der Waals surface area contributed by atoms with E-state index in [1.807, 2.05) is 47.9 Å². The lowest BCUT2D eigenvalue weighted by atomic mass is 9.79. The van der Waals surface area contributed by atoms with E-state index in [-0.39, 0.29) is 96.7 Å². The summed E-state index contributed by atoms with van der Waals surface area (Å²) >= 11 is 0. The van der Waals surface area contributed by atoms with Gasteiger partial charge in [-0.05, 0) is 158 Å². The van der Waals surface area contributed by atoms with Crippen LogP contribution in [0.3, 0.4) is 0 Å². The highest BCUT2D eigenvalue weighted by atomic mass is 19.3. The molecule has 9 heterocycles. The van der Waals surface area contributed by atoms with Crippen LogP contribution in [0.25, 0.3) is 32.7 Å². The number of fused-ring (bicyclic) bond motifs is 9. The highest BCUT2D eigenvalue weighted by molar-refractivity contribution is 5.87. The van der Waals surface area contributed by atoms with E-state index in [2.05, 4.69) is 31.7 Å². The predicted molar refractivity (Wildman–Crippen MR) is 396 cm³/mol. The Balaban J connectivity index is 0.000000138. The van der Waals surface area contributed by atoms with Crippen LogP contribution in [0, 0.1) is 52.5 Å². The van der Waals surface area contributed by atoms with Gasteiger partial charge in [-0.1, -0.05) is 31.5 Å². The van der Waals surface area contributed by atoms with E-state index < -0.39 is 95.5 Å². The average Bonchev–Trinajstić information content (AvgIpc) is 1.55. The van der Waals surface area contributed by atoms with Crippen molar-refractivity contribution in [3.05, 3.63) is 194 Å². The van der Waals surface area contributed by atoms with Crippen LogP contribution in [-0.2, 0) is 19.3 Å². The Hall–Kier alpha value is -7.88. The summed E-state index contributed by atoms with van der Waals surface area (Å²) in [7, 11) is 0. The molecule has 110 heavy (non-hydrogen) atoms. The van der Waals surface area contributed by atoms with E-state index in [1.54, 1.807) is 24.0 Å². The van der Waals surface area contributed by atoms with Crippen molar-refractivity contribution < 1.29 is 75.7 Å². The Kier molecular flexibility index (Phi) is 23.4. The van der Waals surface area contributed by atoms with Gasteiger partial charge in [0.1, 0.15) is 93.9 Å². The van der Waals surface area contributed by atoms with Gasteiger partial charge in [-0.3, -0.25) is 38.2 Å². The Morgan fingerprint density at radius 3 is 1.29 bits per heavy atom. The normalized spacial score (nSPS) is 23.4. The first-order valence-corrected chi connectivity index (χ1v) is 38.5. The maximum absolute atomic E-state index is 15.8. The molecule has 592 valence electrons. The number of benzene rings is 6. The highest BCUT2D eigenvalue weighted by Gasteiger charge is 2.46. The van der Waals surface area contributed by atoms with Crippen LogP contribution in [-0.4, -0.2) is 190 Å². The van der Waals surface area contributed by atoms with Crippen molar-refractivity contribution in [2.45, 2.75) is 179 Å². The summed E-state index contributed by atoms with van der Waals surface area (Å²) in [5.41, 5.74) is 4.16. The Morgan fingerprint density at radius 2 is 0.882 bits per heavy atom. The van der Waals surface area contributed by atoms with Gasteiger partial charge in [0.05, 0.1) is 38.0 Å². The number of halogens is 14. The predicted octanol–water partition coefficient (Wildman–Crippen LogP) is 18.1. The lowest BCUT2D eigenvalue weighted by molar-refractivity contribution is -0.0501. The van der Waals surface area contributed by atoms with Gasteiger partial charge >= 0.3 is 0 Å². The molecule has 7 aliphatic rings. The number of nitrogens with zero attached hydrogens (tertiary/aromatic N) is 6. The van der Waals surface area contributed by atoms with E-state index in [4.69, 9.17) is 14.2 Å². The molecule has 1 unspecified atom stereocenters. The molecule has 4 fully saturated rings. The first-order valence-electron chi connectivity index (χ1n) is 38.5. The van der Waals surface area contributed by atoms with Crippen LogP contribution >= 0.6 is 0 Å². The molecule has 3 saturated heterocycles. The van der Waals surface area contributed by atoms with Crippen LogP contribution in [0.4, 0.5) is 61.5 Å². The number of unbranched alkanes of at least 4 members (excludes halogenated alkanes) is 1. The number of nitrogens with one attached hydrogen (secondary N) is 3. The molecule has 7 atom stereocenters. The number of aromatic amines is 3. The topological polar surface area (TPSA) is 94.5 Å². The van der Waals surface area contributed by atoms with E-state index in [9.17, 15) is 35.1 Å². The first kappa shape index (κ1) is 78.8. The summed E-state index contributed by atoms with van der Waals surface area (Å²) in [6.45, 7) is 16.3. The second kappa shape index (κ2) is 32.7. The minimum atomic E-state index is -2.69. The number of likely N-dealkylation sites (tertiary alicyclic amines) is 3. The molecular formula is C84H95F14N9O3. The lowest BCUT2D eigenvalue weighted by Crippen LogP contribution is -2.61. The fourth-order valence-electron chi connectivity index (χ4n) is 17.6. The summed E-state index contributed by atoms with van der Waals surface area (Å²) in [5, 5.41) is 2.29. The zero-order chi connectivity index (χ0) is 77.9. The average molecular weight is 1540 g/mol.